The molecule has 0 saturated carbocycles. The van der Waals surface area contributed by atoms with E-state index in [1.165, 1.54) is 0 Å². The normalized spacial score (nSPS) is 18.4. The Balaban J connectivity index is 1.84. The van der Waals surface area contributed by atoms with Gasteiger partial charge in [0.1, 0.15) is 0 Å². The fourth-order valence-electron chi connectivity index (χ4n) is 3.04. The number of aromatic nitrogens is 3. The van der Waals surface area contributed by atoms with Crippen molar-refractivity contribution in [2.45, 2.75) is 31.8 Å². The monoisotopic (exact) mass is 313 g/mol. The van der Waals surface area contributed by atoms with Gasteiger partial charge in [-0.05, 0) is 44.5 Å². The van der Waals surface area contributed by atoms with Crippen LogP contribution in [0.2, 0.25) is 0 Å². The lowest BCUT2D eigenvalue weighted by atomic mass is 10.1. The van der Waals surface area contributed by atoms with Gasteiger partial charge in [0.25, 0.3) is 5.91 Å². The van der Waals surface area contributed by atoms with Crippen LogP contribution in [0.1, 0.15) is 35.3 Å². The Labute approximate surface area is 136 Å². The zero-order chi connectivity index (χ0) is 16.1. The lowest BCUT2D eigenvalue weighted by molar-refractivity contribution is 0.0642. The summed E-state index contributed by atoms with van der Waals surface area (Å²) in [5, 5.41) is 7.54. The van der Waals surface area contributed by atoms with Crippen LogP contribution in [0.4, 0.5) is 0 Å². The zero-order valence-electron chi connectivity index (χ0n) is 13.5. The van der Waals surface area contributed by atoms with Crippen molar-refractivity contribution in [3.63, 3.8) is 0 Å². The van der Waals surface area contributed by atoms with Crippen molar-refractivity contribution < 1.29 is 4.79 Å². The van der Waals surface area contributed by atoms with Crippen molar-refractivity contribution >= 4 is 5.91 Å². The van der Waals surface area contributed by atoms with Crippen LogP contribution in [0.3, 0.4) is 0 Å². The summed E-state index contributed by atoms with van der Waals surface area (Å²) in [5.74, 6) is 0.0376. The van der Waals surface area contributed by atoms with Crippen molar-refractivity contribution in [3.05, 3.63) is 48.0 Å². The van der Waals surface area contributed by atoms with Crippen LogP contribution in [0.25, 0.3) is 0 Å². The molecule has 1 amide bonds. The summed E-state index contributed by atoms with van der Waals surface area (Å²) < 4.78 is 1.67. The van der Waals surface area contributed by atoms with Crippen LogP contribution in [0, 0.1) is 0 Å². The number of rotatable bonds is 4. The second kappa shape index (κ2) is 7.37. The van der Waals surface area contributed by atoms with E-state index >= 15 is 0 Å². The first kappa shape index (κ1) is 15.7. The maximum absolute atomic E-state index is 13.0. The molecule has 0 aliphatic carbocycles. The Morgan fingerprint density at radius 3 is 3.04 bits per heavy atom. The molecule has 1 unspecified atom stereocenters. The van der Waals surface area contributed by atoms with Crippen LogP contribution in [-0.4, -0.2) is 44.7 Å². The molecule has 1 aliphatic heterocycles. The summed E-state index contributed by atoms with van der Waals surface area (Å²) in [6, 6.07) is 6.06. The number of hydrogen-bond donors (Lipinski definition) is 1. The van der Waals surface area contributed by atoms with E-state index in [9.17, 15) is 4.79 Å². The Morgan fingerprint density at radius 2 is 2.30 bits per heavy atom. The second-order valence-electron chi connectivity index (χ2n) is 5.99. The molecule has 23 heavy (non-hydrogen) atoms. The third kappa shape index (κ3) is 3.96. The van der Waals surface area contributed by atoms with Gasteiger partial charge in [0.15, 0.2) is 0 Å². The fourth-order valence-corrected chi connectivity index (χ4v) is 3.04. The van der Waals surface area contributed by atoms with E-state index in [2.05, 4.69) is 15.4 Å². The van der Waals surface area contributed by atoms with Crippen LogP contribution in [-0.2, 0) is 13.6 Å². The maximum atomic E-state index is 13.0. The van der Waals surface area contributed by atoms with Gasteiger partial charge < -0.3 is 10.2 Å². The van der Waals surface area contributed by atoms with Crippen LogP contribution in [0.15, 0.2) is 36.8 Å². The van der Waals surface area contributed by atoms with E-state index in [1.807, 2.05) is 30.1 Å². The molecule has 3 heterocycles. The minimum Gasteiger partial charge on any atom is -0.330 e. The maximum Gasteiger partial charge on any atom is 0.257 e. The smallest absolute Gasteiger partial charge is 0.257 e. The fraction of sp³-hybridized carbons (Fsp3) is 0.471. The molecule has 122 valence electrons. The topological polar surface area (TPSA) is 63.1 Å². The second-order valence-corrected chi connectivity index (χ2v) is 5.99. The van der Waals surface area contributed by atoms with Crippen LogP contribution < -0.4 is 5.32 Å². The summed E-state index contributed by atoms with van der Waals surface area (Å²) in [5.41, 5.74) is 1.56. The molecule has 2 aromatic rings. The zero-order valence-corrected chi connectivity index (χ0v) is 13.5. The minimum absolute atomic E-state index is 0.0376. The molecule has 1 fully saturated rings. The number of carbonyl (C=O) groups is 1. The van der Waals surface area contributed by atoms with Gasteiger partial charge in [-0.1, -0.05) is 6.07 Å². The lowest BCUT2D eigenvalue weighted by Gasteiger charge is -2.30. The number of hydrogen-bond acceptors (Lipinski definition) is 4. The third-order valence-corrected chi connectivity index (χ3v) is 4.26. The van der Waals surface area contributed by atoms with E-state index in [-0.39, 0.29) is 11.9 Å². The molecule has 0 radical (unpaired) electrons. The molecule has 2 aromatic heterocycles. The quantitative estimate of drug-likeness (QED) is 0.931. The van der Waals surface area contributed by atoms with Gasteiger partial charge in [-0.2, -0.15) is 5.10 Å². The third-order valence-electron chi connectivity index (χ3n) is 4.26. The highest BCUT2D eigenvalue weighted by Gasteiger charge is 2.26. The van der Waals surface area contributed by atoms with Gasteiger partial charge in [-0.3, -0.25) is 14.5 Å². The Morgan fingerprint density at radius 1 is 1.39 bits per heavy atom. The van der Waals surface area contributed by atoms with E-state index in [1.54, 1.807) is 23.3 Å². The number of carbonyl (C=O) groups excluding carboxylic acids is 1. The first-order chi connectivity index (χ1) is 11.2. The number of nitrogens with zero attached hydrogens (tertiary/aromatic N) is 4. The summed E-state index contributed by atoms with van der Waals surface area (Å²) >= 11 is 0. The molecule has 1 saturated heterocycles. The number of nitrogens with one attached hydrogen (secondary N) is 1. The summed E-state index contributed by atoms with van der Waals surface area (Å²) in [6.07, 6.45) is 8.27. The highest BCUT2D eigenvalue weighted by molar-refractivity contribution is 5.93. The predicted molar refractivity (Wildman–Crippen MR) is 87.8 cm³/mol. The van der Waals surface area contributed by atoms with Crippen molar-refractivity contribution in [3.8, 4) is 0 Å². The predicted octanol–water partition coefficient (Wildman–Crippen LogP) is 1.60. The van der Waals surface area contributed by atoms with Crippen LogP contribution >= 0.6 is 0 Å². The summed E-state index contributed by atoms with van der Waals surface area (Å²) in [6.45, 7) is 2.51. The van der Waals surface area contributed by atoms with Crippen molar-refractivity contribution in [1.29, 1.82) is 0 Å². The SMILES string of the molecule is Cn1cc(C(=O)N(Cc2ccccn2)C2CCCNCC2)cn1. The highest BCUT2D eigenvalue weighted by Crippen LogP contribution is 2.19. The Hall–Kier alpha value is -2.21. The van der Waals surface area contributed by atoms with E-state index in [0.717, 1.165) is 38.0 Å². The molecular formula is C17H23N5O. The highest BCUT2D eigenvalue weighted by atomic mass is 16.2. The molecule has 1 N–H and O–H groups in total. The summed E-state index contributed by atoms with van der Waals surface area (Å²) in [4.78, 5) is 19.4. The molecule has 3 rings (SSSR count). The van der Waals surface area contributed by atoms with E-state index < -0.39 is 0 Å². The molecule has 1 atom stereocenters. The number of aryl methyl sites for hydroxylation is 1. The molecule has 1 aliphatic rings. The molecule has 0 aromatic carbocycles. The van der Waals surface area contributed by atoms with Gasteiger partial charge in [0, 0.05) is 25.5 Å². The first-order valence-corrected chi connectivity index (χ1v) is 8.14. The summed E-state index contributed by atoms with van der Waals surface area (Å²) in [7, 11) is 1.83. The van der Waals surface area contributed by atoms with Gasteiger partial charge in [0.2, 0.25) is 0 Å². The number of amides is 1. The largest absolute Gasteiger partial charge is 0.330 e. The van der Waals surface area contributed by atoms with Crippen molar-refractivity contribution in [2.24, 2.45) is 7.05 Å². The molecule has 6 nitrogen and oxygen atoms in total. The van der Waals surface area contributed by atoms with E-state index in [4.69, 9.17) is 0 Å². The van der Waals surface area contributed by atoms with Gasteiger partial charge in [-0.15, -0.1) is 0 Å². The van der Waals surface area contributed by atoms with Crippen LogP contribution in [0.5, 0.6) is 0 Å². The van der Waals surface area contributed by atoms with Gasteiger partial charge >= 0.3 is 0 Å². The Bertz CT molecular complexity index is 631. The van der Waals surface area contributed by atoms with Gasteiger partial charge in [-0.25, -0.2) is 0 Å². The average molecular weight is 313 g/mol. The molecular weight excluding hydrogens is 290 g/mol. The lowest BCUT2D eigenvalue weighted by Crippen LogP contribution is -2.40. The molecule has 0 spiro atoms. The average Bonchev–Trinajstić information content (AvgIpc) is 2.84. The first-order valence-electron chi connectivity index (χ1n) is 8.14. The van der Waals surface area contributed by atoms with Gasteiger partial charge in [0.05, 0.1) is 24.0 Å². The number of pyridine rings is 1. The minimum atomic E-state index is 0.0376. The van der Waals surface area contributed by atoms with Crippen molar-refractivity contribution in [2.75, 3.05) is 13.1 Å². The molecule has 0 bridgehead atoms. The standard InChI is InChI=1S/C17H23N5O/c1-21-12-14(11-20-21)17(23)22(13-15-5-2-3-9-19-15)16-6-4-8-18-10-7-16/h2-3,5,9,11-12,16,18H,4,6-8,10,13H2,1H3. The molecule has 6 heteroatoms. The Kier molecular flexibility index (Phi) is 5.02. The van der Waals surface area contributed by atoms with Crippen molar-refractivity contribution in [1.82, 2.24) is 25.0 Å². The van der Waals surface area contributed by atoms with E-state index in [0.29, 0.717) is 12.1 Å².